The van der Waals surface area contributed by atoms with Gasteiger partial charge in [0.25, 0.3) is 11.8 Å². The summed E-state index contributed by atoms with van der Waals surface area (Å²) >= 11 is 0. The number of imide groups is 1. The number of likely N-dealkylation sites (tertiary alicyclic amines) is 1. The number of fused-ring (bicyclic) bond motifs is 1. The summed E-state index contributed by atoms with van der Waals surface area (Å²) in [5.74, 6) is -0.787. The monoisotopic (exact) mass is 447 g/mol. The van der Waals surface area contributed by atoms with Gasteiger partial charge in [-0.15, -0.1) is 0 Å². The Morgan fingerprint density at radius 3 is 2.09 bits per heavy atom. The second-order valence-corrected chi connectivity index (χ2v) is 9.53. The molecule has 1 atom stereocenters. The maximum absolute atomic E-state index is 13.3. The molecule has 0 spiro atoms. The summed E-state index contributed by atoms with van der Waals surface area (Å²) in [6.45, 7) is 6.88. The first-order valence-corrected chi connectivity index (χ1v) is 12.0. The van der Waals surface area contributed by atoms with E-state index in [-0.39, 0.29) is 29.7 Å². The summed E-state index contributed by atoms with van der Waals surface area (Å²) in [4.78, 5) is 42.9. The van der Waals surface area contributed by atoms with Gasteiger partial charge >= 0.3 is 0 Å². The molecular weight excluding hydrogens is 414 g/mol. The van der Waals surface area contributed by atoms with Gasteiger partial charge < -0.3 is 10.2 Å². The second-order valence-electron chi connectivity index (χ2n) is 9.53. The summed E-state index contributed by atoms with van der Waals surface area (Å²) in [6.07, 6.45) is 3.22. The predicted molar refractivity (Wildman–Crippen MR) is 128 cm³/mol. The summed E-state index contributed by atoms with van der Waals surface area (Å²) in [5.41, 5.74) is 2.11. The molecule has 6 nitrogen and oxygen atoms in total. The average Bonchev–Trinajstić information content (AvgIpc) is 3.07. The van der Waals surface area contributed by atoms with Crippen LogP contribution >= 0.6 is 0 Å². The lowest BCUT2D eigenvalue weighted by molar-refractivity contribution is -0.126. The van der Waals surface area contributed by atoms with E-state index >= 15 is 0 Å². The molecule has 0 radical (unpaired) electrons. The highest BCUT2D eigenvalue weighted by atomic mass is 16.2. The molecule has 3 amide bonds. The summed E-state index contributed by atoms with van der Waals surface area (Å²) in [6, 6.07) is 16.6. The first kappa shape index (κ1) is 23.2. The zero-order chi connectivity index (χ0) is 23.4. The van der Waals surface area contributed by atoms with Crippen molar-refractivity contribution in [2.45, 2.75) is 51.6 Å². The Morgan fingerprint density at radius 2 is 1.52 bits per heavy atom. The molecule has 174 valence electrons. The van der Waals surface area contributed by atoms with Crippen LogP contribution in [-0.4, -0.2) is 59.2 Å². The highest BCUT2D eigenvalue weighted by Crippen LogP contribution is 2.27. The van der Waals surface area contributed by atoms with Crippen molar-refractivity contribution in [1.29, 1.82) is 0 Å². The second kappa shape index (κ2) is 10.3. The van der Waals surface area contributed by atoms with E-state index in [2.05, 4.69) is 34.5 Å². The van der Waals surface area contributed by atoms with Crippen LogP contribution in [0.4, 0.5) is 0 Å². The summed E-state index contributed by atoms with van der Waals surface area (Å²) < 4.78 is 0. The van der Waals surface area contributed by atoms with Crippen molar-refractivity contribution in [2.75, 3.05) is 19.6 Å². The molecule has 2 aromatic rings. The van der Waals surface area contributed by atoms with Crippen LogP contribution in [-0.2, 0) is 11.2 Å². The lowest BCUT2D eigenvalue weighted by Crippen LogP contribution is -2.54. The highest BCUT2D eigenvalue weighted by Gasteiger charge is 2.43. The Balaban J connectivity index is 1.35. The van der Waals surface area contributed by atoms with Crippen LogP contribution in [0.3, 0.4) is 0 Å². The van der Waals surface area contributed by atoms with Crippen molar-refractivity contribution in [3.05, 3.63) is 71.3 Å². The molecule has 1 fully saturated rings. The smallest absolute Gasteiger partial charge is 0.262 e. The molecule has 2 aromatic carbocycles. The number of nitrogens with one attached hydrogen (secondary N) is 1. The molecule has 33 heavy (non-hydrogen) atoms. The minimum Gasteiger partial charge on any atom is -0.351 e. The molecule has 0 aliphatic carbocycles. The number of carbonyl (C=O) groups excluding carboxylic acids is 3. The largest absolute Gasteiger partial charge is 0.351 e. The van der Waals surface area contributed by atoms with E-state index < -0.39 is 6.04 Å². The molecule has 0 bridgehead atoms. The fourth-order valence-electron chi connectivity index (χ4n) is 4.80. The molecule has 2 aliphatic heterocycles. The van der Waals surface area contributed by atoms with Gasteiger partial charge in [0.15, 0.2) is 0 Å². The molecule has 2 aliphatic rings. The molecule has 0 aromatic heterocycles. The van der Waals surface area contributed by atoms with E-state index in [1.807, 2.05) is 19.9 Å². The van der Waals surface area contributed by atoms with E-state index in [4.69, 9.17) is 0 Å². The number of hydrogen-bond acceptors (Lipinski definition) is 4. The van der Waals surface area contributed by atoms with Gasteiger partial charge in [0.1, 0.15) is 6.04 Å². The molecule has 6 heteroatoms. The van der Waals surface area contributed by atoms with Gasteiger partial charge in [-0.25, -0.2) is 0 Å². The van der Waals surface area contributed by atoms with E-state index in [0.29, 0.717) is 17.5 Å². The lowest BCUT2D eigenvalue weighted by atomic mass is 9.99. The molecule has 1 N–H and O–H groups in total. The average molecular weight is 448 g/mol. The maximum Gasteiger partial charge on any atom is 0.262 e. The van der Waals surface area contributed by atoms with Gasteiger partial charge in [-0.3, -0.25) is 19.3 Å². The third-order valence-electron chi connectivity index (χ3n) is 6.63. The van der Waals surface area contributed by atoms with Crippen molar-refractivity contribution in [2.24, 2.45) is 5.92 Å². The van der Waals surface area contributed by atoms with Crippen LogP contribution in [0.1, 0.15) is 59.4 Å². The number of nitrogens with zero attached hydrogens (tertiary/aromatic N) is 2. The summed E-state index contributed by atoms with van der Waals surface area (Å²) in [5, 5.41) is 3.15. The van der Waals surface area contributed by atoms with Crippen LogP contribution < -0.4 is 5.32 Å². The number of hydrogen-bond donors (Lipinski definition) is 1. The Hall–Kier alpha value is -2.99. The number of piperidine rings is 1. The standard InChI is InChI=1S/C27H33N3O3/c1-19(2)18-24(30-26(32)22-10-6-7-11-23(22)27(30)33)25(31)28-21-13-16-29(17-14-21)15-12-20-8-4-3-5-9-20/h3-11,19,21,24H,12-18H2,1-2H3,(H,28,31). The maximum atomic E-state index is 13.3. The normalized spacial score (nSPS) is 18.0. The Bertz CT molecular complexity index is 962. The third-order valence-corrected chi connectivity index (χ3v) is 6.63. The van der Waals surface area contributed by atoms with Gasteiger partial charge in [-0.05, 0) is 49.3 Å². The molecule has 1 saturated heterocycles. The van der Waals surface area contributed by atoms with Gasteiger partial charge in [0.2, 0.25) is 5.91 Å². The van der Waals surface area contributed by atoms with Crippen LogP contribution in [0.15, 0.2) is 54.6 Å². The van der Waals surface area contributed by atoms with E-state index in [1.165, 1.54) is 10.5 Å². The van der Waals surface area contributed by atoms with Crippen molar-refractivity contribution in [3.8, 4) is 0 Å². The van der Waals surface area contributed by atoms with E-state index in [9.17, 15) is 14.4 Å². The zero-order valence-electron chi connectivity index (χ0n) is 19.5. The van der Waals surface area contributed by atoms with Crippen molar-refractivity contribution in [1.82, 2.24) is 15.1 Å². The molecule has 4 rings (SSSR count). The highest BCUT2D eigenvalue weighted by molar-refractivity contribution is 6.22. The first-order valence-electron chi connectivity index (χ1n) is 12.0. The number of rotatable bonds is 8. The van der Waals surface area contributed by atoms with Gasteiger partial charge in [0, 0.05) is 25.7 Å². The molecule has 2 heterocycles. The SMILES string of the molecule is CC(C)CC(C(=O)NC1CCN(CCc2ccccc2)CC1)N1C(=O)c2ccccc2C1=O. The predicted octanol–water partition coefficient (Wildman–Crippen LogP) is 3.52. The van der Waals surface area contributed by atoms with Crippen LogP contribution in [0, 0.1) is 5.92 Å². The van der Waals surface area contributed by atoms with Gasteiger partial charge in [-0.2, -0.15) is 0 Å². The first-order chi connectivity index (χ1) is 15.9. The van der Waals surface area contributed by atoms with Crippen molar-refractivity contribution >= 4 is 17.7 Å². The number of amides is 3. The number of carbonyl (C=O) groups is 3. The van der Waals surface area contributed by atoms with Crippen molar-refractivity contribution < 1.29 is 14.4 Å². The summed E-state index contributed by atoms with van der Waals surface area (Å²) in [7, 11) is 0. The zero-order valence-corrected chi connectivity index (χ0v) is 19.5. The van der Waals surface area contributed by atoms with Crippen LogP contribution in [0.2, 0.25) is 0 Å². The lowest BCUT2D eigenvalue weighted by Gasteiger charge is -2.34. The van der Waals surface area contributed by atoms with Crippen LogP contribution in [0.5, 0.6) is 0 Å². The topological polar surface area (TPSA) is 69.7 Å². The van der Waals surface area contributed by atoms with Crippen molar-refractivity contribution in [3.63, 3.8) is 0 Å². The van der Waals surface area contributed by atoms with Gasteiger partial charge in [0.05, 0.1) is 11.1 Å². The third kappa shape index (κ3) is 5.33. The van der Waals surface area contributed by atoms with Crippen LogP contribution in [0.25, 0.3) is 0 Å². The minimum atomic E-state index is -0.784. The van der Waals surface area contributed by atoms with E-state index in [1.54, 1.807) is 24.3 Å². The van der Waals surface area contributed by atoms with Gasteiger partial charge in [-0.1, -0.05) is 56.3 Å². The Labute approximate surface area is 196 Å². The fraction of sp³-hybridized carbons (Fsp3) is 0.444. The quantitative estimate of drug-likeness (QED) is 0.629. The Kier molecular flexibility index (Phi) is 7.23. The molecule has 1 unspecified atom stereocenters. The minimum absolute atomic E-state index is 0.0651. The fourth-order valence-corrected chi connectivity index (χ4v) is 4.80. The Morgan fingerprint density at radius 1 is 0.939 bits per heavy atom. The molecule has 0 saturated carbocycles. The molecular formula is C27H33N3O3. The van der Waals surface area contributed by atoms with E-state index in [0.717, 1.165) is 38.9 Å². The number of benzene rings is 2.